The first kappa shape index (κ1) is 15.9. The molecule has 3 fully saturated rings. The van der Waals surface area contributed by atoms with Crippen LogP contribution < -0.4 is 5.73 Å². The van der Waals surface area contributed by atoms with Crippen LogP contribution in [0, 0.1) is 0 Å². The number of thioether (sulfide) groups is 1. The van der Waals surface area contributed by atoms with Crippen LogP contribution >= 0.6 is 11.8 Å². The minimum absolute atomic E-state index is 0.101. The fourth-order valence-electron chi connectivity index (χ4n) is 3.89. The number of likely N-dealkylation sites (tertiary alicyclic amines) is 2. The highest BCUT2D eigenvalue weighted by atomic mass is 32.2. The van der Waals surface area contributed by atoms with E-state index in [4.69, 9.17) is 5.73 Å². The molecule has 1 atom stereocenters. The molecule has 0 aliphatic carbocycles. The number of hydrogen-bond donors (Lipinski definition) is 1. The normalized spacial score (nSPS) is 28.1. The molecule has 0 aromatic heterocycles. The average Bonchev–Trinajstić information content (AvgIpc) is 3.05. The number of hydrogen-bond acceptors (Lipinski definition) is 4. The predicted octanol–water partition coefficient (Wildman–Crippen LogP) is 0.569. The SMILES string of the molecule is NC(=O)N1CCC[C@H]1C(=O)N1CCC(N2CCSCC2)CC1. The summed E-state index contributed by atoms with van der Waals surface area (Å²) in [6, 6.07) is -0.155. The van der Waals surface area contributed by atoms with Gasteiger partial charge in [0.25, 0.3) is 0 Å². The molecule has 3 amide bonds. The minimum Gasteiger partial charge on any atom is -0.351 e. The van der Waals surface area contributed by atoms with Crippen molar-refractivity contribution in [2.75, 3.05) is 44.2 Å². The van der Waals surface area contributed by atoms with Crippen LogP contribution in [0.25, 0.3) is 0 Å². The summed E-state index contributed by atoms with van der Waals surface area (Å²) in [7, 11) is 0. The second kappa shape index (κ2) is 7.08. The maximum Gasteiger partial charge on any atom is 0.315 e. The molecule has 0 unspecified atom stereocenters. The lowest BCUT2D eigenvalue weighted by Crippen LogP contribution is -2.54. The van der Waals surface area contributed by atoms with Gasteiger partial charge in [0.05, 0.1) is 0 Å². The van der Waals surface area contributed by atoms with Crippen molar-refractivity contribution >= 4 is 23.7 Å². The molecule has 0 bridgehead atoms. The van der Waals surface area contributed by atoms with Crippen molar-refractivity contribution in [2.24, 2.45) is 5.73 Å². The van der Waals surface area contributed by atoms with Crippen LogP contribution in [0.2, 0.25) is 0 Å². The van der Waals surface area contributed by atoms with Crippen molar-refractivity contribution in [1.29, 1.82) is 0 Å². The first-order chi connectivity index (χ1) is 10.7. The van der Waals surface area contributed by atoms with Crippen molar-refractivity contribution in [1.82, 2.24) is 14.7 Å². The van der Waals surface area contributed by atoms with E-state index < -0.39 is 6.03 Å². The standard InChI is InChI=1S/C15H26N4O2S/c16-15(21)19-5-1-2-13(19)14(20)18-6-3-12(4-7-18)17-8-10-22-11-9-17/h12-13H,1-11H2,(H2,16,21)/t13-/m0/s1. The Morgan fingerprint density at radius 3 is 2.27 bits per heavy atom. The second-order valence-electron chi connectivity index (χ2n) is 6.39. The molecular formula is C15H26N4O2S. The minimum atomic E-state index is -0.462. The van der Waals surface area contributed by atoms with Crippen molar-refractivity contribution in [3.05, 3.63) is 0 Å². The number of urea groups is 1. The maximum atomic E-state index is 12.7. The van der Waals surface area contributed by atoms with E-state index >= 15 is 0 Å². The summed E-state index contributed by atoms with van der Waals surface area (Å²) in [5, 5.41) is 0. The Morgan fingerprint density at radius 1 is 0.955 bits per heavy atom. The van der Waals surface area contributed by atoms with E-state index in [9.17, 15) is 9.59 Å². The molecule has 2 N–H and O–H groups in total. The van der Waals surface area contributed by atoms with Gasteiger partial charge in [-0.25, -0.2) is 4.79 Å². The van der Waals surface area contributed by atoms with E-state index in [1.807, 2.05) is 16.7 Å². The van der Waals surface area contributed by atoms with Crippen molar-refractivity contribution in [3.63, 3.8) is 0 Å². The zero-order chi connectivity index (χ0) is 15.5. The molecule has 6 nitrogen and oxygen atoms in total. The summed E-state index contributed by atoms with van der Waals surface area (Å²) >= 11 is 2.03. The third kappa shape index (κ3) is 3.35. The van der Waals surface area contributed by atoms with E-state index in [1.165, 1.54) is 29.5 Å². The van der Waals surface area contributed by atoms with Crippen LogP contribution in [0.4, 0.5) is 4.79 Å². The lowest BCUT2D eigenvalue weighted by Gasteiger charge is -2.41. The van der Waals surface area contributed by atoms with Gasteiger partial charge in [-0.1, -0.05) is 0 Å². The van der Waals surface area contributed by atoms with Gasteiger partial charge in [0, 0.05) is 50.3 Å². The van der Waals surface area contributed by atoms with Crippen LogP contribution in [0.5, 0.6) is 0 Å². The fourth-order valence-corrected chi connectivity index (χ4v) is 4.82. The molecule has 3 aliphatic rings. The summed E-state index contributed by atoms with van der Waals surface area (Å²) in [5.74, 6) is 2.56. The van der Waals surface area contributed by atoms with Crippen LogP contribution in [0.3, 0.4) is 0 Å². The zero-order valence-corrected chi connectivity index (χ0v) is 13.9. The maximum absolute atomic E-state index is 12.7. The number of carbonyl (C=O) groups excluding carboxylic acids is 2. The third-order valence-corrected chi connectivity index (χ3v) is 6.10. The van der Waals surface area contributed by atoms with Gasteiger partial charge in [-0.05, 0) is 25.7 Å². The van der Waals surface area contributed by atoms with E-state index in [2.05, 4.69) is 4.90 Å². The van der Waals surface area contributed by atoms with Gasteiger partial charge in [-0.2, -0.15) is 11.8 Å². The summed E-state index contributed by atoms with van der Waals surface area (Å²) in [6.07, 6.45) is 3.74. The van der Waals surface area contributed by atoms with E-state index in [0.717, 1.165) is 38.8 Å². The quantitative estimate of drug-likeness (QED) is 0.805. The number of nitrogens with two attached hydrogens (primary N) is 1. The second-order valence-corrected chi connectivity index (χ2v) is 7.62. The molecule has 0 radical (unpaired) electrons. The van der Waals surface area contributed by atoms with Crippen LogP contribution in [-0.2, 0) is 4.79 Å². The third-order valence-electron chi connectivity index (χ3n) is 5.16. The molecule has 124 valence electrons. The smallest absolute Gasteiger partial charge is 0.315 e. The summed E-state index contributed by atoms with van der Waals surface area (Å²) in [5.41, 5.74) is 5.38. The van der Waals surface area contributed by atoms with Gasteiger partial charge in [0.2, 0.25) is 5.91 Å². The van der Waals surface area contributed by atoms with Gasteiger partial charge in [0.15, 0.2) is 0 Å². The van der Waals surface area contributed by atoms with Gasteiger partial charge in [-0.3, -0.25) is 9.69 Å². The lowest BCUT2D eigenvalue weighted by atomic mass is 10.0. The number of rotatable bonds is 2. The van der Waals surface area contributed by atoms with Crippen LogP contribution in [-0.4, -0.2) is 83.0 Å². The van der Waals surface area contributed by atoms with E-state index in [-0.39, 0.29) is 11.9 Å². The van der Waals surface area contributed by atoms with E-state index in [0.29, 0.717) is 12.6 Å². The zero-order valence-electron chi connectivity index (χ0n) is 13.1. The van der Waals surface area contributed by atoms with Crippen molar-refractivity contribution in [3.8, 4) is 0 Å². The highest BCUT2D eigenvalue weighted by molar-refractivity contribution is 7.99. The summed E-state index contributed by atoms with van der Waals surface area (Å²) in [6.45, 7) is 4.61. The number of nitrogens with zero attached hydrogens (tertiary/aromatic N) is 3. The van der Waals surface area contributed by atoms with Gasteiger partial charge < -0.3 is 15.5 Å². The molecule has 3 heterocycles. The Kier molecular flexibility index (Phi) is 5.13. The Labute approximate surface area is 136 Å². The number of piperidine rings is 1. The van der Waals surface area contributed by atoms with Gasteiger partial charge in [-0.15, -0.1) is 0 Å². The number of primary amides is 1. The molecule has 3 rings (SSSR count). The van der Waals surface area contributed by atoms with E-state index in [1.54, 1.807) is 0 Å². The predicted molar refractivity (Wildman–Crippen MR) is 87.8 cm³/mol. The molecule has 0 saturated carbocycles. The Hall–Kier alpha value is -0.950. The first-order valence-electron chi connectivity index (χ1n) is 8.33. The highest BCUT2D eigenvalue weighted by Crippen LogP contribution is 2.24. The molecule has 7 heteroatoms. The van der Waals surface area contributed by atoms with Crippen molar-refractivity contribution < 1.29 is 9.59 Å². The molecule has 0 aromatic rings. The van der Waals surface area contributed by atoms with Gasteiger partial charge in [0.1, 0.15) is 6.04 Å². The summed E-state index contributed by atoms with van der Waals surface area (Å²) in [4.78, 5) is 30.2. The Morgan fingerprint density at radius 2 is 1.64 bits per heavy atom. The number of carbonyl (C=O) groups is 2. The van der Waals surface area contributed by atoms with Crippen LogP contribution in [0.1, 0.15) is 25.7 Å². The topological polar surface area (TPSA) is 69.9 Å². The summed E-state index contributed by atoms with van der Waals surface area (Å²) < 4.78 is 0. The molecular weight excluding hydrogens is 300 g/mol. The molecule has 3 aliphatic heterocycles. The van der Waals surface area contributed by atoms with Crippen LogP contribution in [0.15, 0.2) is 0 Å². The highest BCUT2D eigenvalue weighted by Gasteiger charge is 2.37. The largest absolute Gasteiger partial charge is 0.351 e. The van der Waals surface area contributed by atoms with Gasteiger partial charge >= 0.3 is 6.03 Å². The molecule has 22 heavy (non-hydrogen) atoms. The Balaban J connectivity index is 1.52. The number of amides is 3. The first-order valence-corrected chi connectivity index (χ1v) is 9.49. The monoisotopic (exact) mass is 326 g/mol. The lowest BCUT2D eigenvalue weighted by molar-refractivity contribution is -0.136. The van der Waals surface area contributed by atoms with Crippen molar-refractivity contribution in [2.45, 2.75) is 37.8 Å². The Bertz CT molecular complexity index is 420. The molecule has 3 saturated heterocycles. The fraction of sp³-hybridized carbons (Fsp3) is 0.867. The average molecular weight is 326 g/mol. The molecule has 0 aromatic carbocycles. The molecule has 0 spiro atoms.